The Morgan fingerprint density at radius 1 is 1.00 bits per heavy atom. The molecule has 122 valence electrons. The van der Waals surface area contributed by atoms with Crippen molar-refractivity contribution in [3.05, 3.63) is 81.3 Å². The number of aromatic amines is 1. The van der Waals surface area contributed by atoms with Crippen LogP contribution < -0.4 is 5.56 Å². The van der Waals surface area contributed by atoms with E-state index in [1.54, 1.807) is 4.68 Å². The molecule has 1 N–H and O–H groups in total. The molecule has 0 unspecified atom stereocenters. The van der Waals surface area contributed by atoms with Crippen molar-refractivity contribution < 1.29 is 0 Å². The molecule has 0 spiro atoms. The molecule has 4 heteroatoms. The maximum Gasteiger partial charge on any atom is 0.280 e. The third-order valence-electron chi connectivity index (χ3n) is 4.23. The predicted molar refractivity (Wildman–Crippen MR) is 98.9 cm³/mol. The molecule has 24 heavy (non-hydrogen) atoms. The summed E-state index contributed by atoms with van der Waals surface area (Å²) in [4.78, 5) is 17.4. The zero-order valence-corrected chi connectivity index (χ0v) is 14.4. The first kappa shape index (κ1) is 16.0. The maximum absolute atomic E-state index is 12.8. The van der Waals surface area contributed by atoms with Crippen molar-refractivity contribution in [1.29, 1.82) is 0 Å². The topological polar surface area (TPSA) is 50.1 Å². The van der Waals surface area contributed by atoms with Crippen molar-refractivity contribution in [2.45, 2.75) is 27.7 Å². The number of hydrogen-bond acceptors (Lipinski definition) is 2. The van der Waals surface area contributed by atoms with Crippen molar-refractivity contribution >= 4 is 11.4 Å². The third kappa shape index (κ3) is 2.95. The quantitative estimate of drug-likeness (QED) is 0.722. The molecule has 0 atom stereocenters. The second-order valence-corrected chi connectivity index (χ2v) is 6.05. The number of para-hydroxylation sites is 1. The fraction of sp³-hybridized carbons (Fsp3) is 0.200. The molecular weight excluding hydrogens is 298 g/mol. The molecule has 0 saturated carbocycles. The number of nitrogens with one attached hydrogen (secondary N) is 1. The zero-order chi connectivity index (χ0) is 17.3. The van der Waals surface area contributed by atoms with Crippen LogP contribution in [0.4, 0.5) is 5.69 Å². The molecule has 0 amide bonds. The first-order valence-electron chi connectivity index (χ1n) is 7.97. The van der Waals surface area contributed by atoms with Gasteiger partial charge in [0.2, 0.25) is 0 Å². The number of benzene rings is 2. The van der Waals surface area contributed by atoms with Gasteiger partial charge < -0.3 is 0 Å². The van der Waals surface area contributed by atoms with Crippen molar-refractivity contribution in [2.24, 2.45) is 4.99 Å². The van der Waals surface area contributed by atoms with Crippen LogP contribution in [0.25, 0.3) is 5.69 Å². The van der Waals surface area contributed by atoms with Crippen LogP contribution in [0.3, 0.4) is 0 Å². The number of aliphatic imine (C=N–C) groups is 1. The van der Waals surface area contributed by atoms with Crippen molar-refractivity contribution in [3.8, 4) is 5.69 Å². The molecule has 2 aromatic carbocycles. The van der Waals surface area contributed by atoms with Gasteiger partial charge in [0.25, 0.3) is 5.56 Å². The van der Waals surface area contributed by atoms with E-state index in [1.165, 1.54) is 11.1 Å². The molecule has 0 aliphatic carbocycles. The smallest absolute Gasteiger partial charge is 0.280 e. The number of nitrogens with zero attached hydrogens (tertiary/aromatic N) is 2. The Balaban J connectivity index is 2.06. The van der Waals surface area contributed by atoms with Crippen LogP contribution in [0.2, 0.25) is 0 Å². The van der Waals surface area contributed by atoms with Gasteiger partial charge in [-0.15, -0.1) is 0 Å². The lowest BCUT2D eigenvalue weighted by Crippen LogP contribution is -2.19. The van der Waals surface area contributed by atoms with E-state index >= 15 is 0 Å². The summed E-state index contributed by atoms with van der Waals surface area (Å²) in [5, 5.41) is 3.14. The standard InChI is InChI=1S/C20H21N3O/c1-13-10-11-17(12-14(13)2)21-15(3)19-16(4)22-23(20(19)24)18-8-6-5-7-9-18/h5-12,22H,1-4H3. The maximum atomic E-state index is 12.8. The average molecular weight is 319 g/mol. The monoisotopic (exact) mass is 319 g/mol. The Hall–Kier alpha value is -2.88. The Morgan fingerprint density at radius 2 is 1.71 bits per heavy atom. The summed E-state index contributed by atoms with van der Waals surface area (Å²) in [5.41, 5.74) is 6.17. The second kappa shape index (κ2) is 6.32. The normalized spacial score (nSPS) is 11.8. The van der Waals surface area contributed by atoms with E-state index in [-0.39, 0.29) is 5.56 Å². The molecule has 1 heterocycles. The minimum Gasteiger partial charge on any atom is -0.295 e. The Labute approximate surface area is 141 Å². The fourth-order valence-corrected chi connectivity index (χ4v) is 2.78. The van der Waals surface area contributed by atoms with Crippen LogP contribution in [0.1, 0.15) is 29.3 Å². The fourth-order valence-electron chi connectivity index (χ4n) is 2.78. The first-order chi connectivity index (χ1) is 11.5. The van der Waals surface area contributed by atoms with Crippen molar-refractivity contribution in [3.63, 3.8) is 0 Å². The van der Waals surface area contributed by atoms with E-state index in [4.69, 9.17) is 0 Å². The molecule has 1 aromatic heterocycles. The second-order valence-electron chi connectivity index (χ2n) is 6.05. The van der Waals surface area contributed by atoms with E-state index < -0.39 is 0 Å². The van der Waals surface area contributed by atoms with Gasteiger partial charge in [0, 0.05) is 5.69 Å². The summed E-state index contributed by atoms with van der Waals surface area (Å²) in [6.07, 6.45) is 0. The molecule has 3 aromatic rings. The first-order valence-corrected chi connectivity index (χ1v) is 7.97. The highest BCUT2D eigenvalue weighted by Gasteiger charge is 2.15. The summed E-state index contributed by atoms with van der Waals surface area (Å²) in [7, 11) is 0. The van der Waals surface area contributed by atoms with Gasteiger partial charge in [0.15, 0.2) is 0 Å². The van der Waals surface area contributed by atoms with E-state index in [9.17, 15) is 4.79 Å². The average Bonchev–Trinajstić information content (AvgIpc) is 2.86. The van der Waals surface area contributed by atoms with Gasteiger partial charge in [0.1, 0.15) is 0 Å². The molecule has 0 saturated heterocycles. The van der Waals surface area contributed by atoms with Crippen LogP contribution in [0, 0.1) is 20.8 Å². The molecule has 0 radical (unpaired) electrons. The summed E-state index contributed by atoms with van der Waals surface area (Å²) >= 11 is 0. The van der Waals surface area contributed by atoms with Gasteiger partial charge in [-0.2, -0.15) is 0 Å². The third-order valence-corrected chi connectivity index (χ3v) is 4.23. The largest absolute Gasteiger partial charge is 0.295 e. The van der Waals surface area contributed by atoms with Gasteiger partial charge in [0.05, 0.1) is 22.6 Å². The SMILES string of the molecule is CC(=Nc1ccc(C)c(C)c1)c1c(C)[nH]n(-c2ccccc2)c1=O. The number of hydrogen-bond donors (Lipinski definition) is 1. The predicted octanol–water partition coefficient (Wildman–Crippen LogP) is 4.23. The molecule has 0 bridgehead atoms. The lowest BCUT2D eigenvalue weighted by molar-refractivity contribution is 0.835. The molecule has 0 aliphatic heterocycles. The molecule has 4 nitrogen and oxygen atoms in total. The Morgan fingerprint density at radius 3 is 2.38 bits per heavy atom. The van der Waals surface area contributed by atoms with Crippen LogP contribution in [-0.4, -0.2) is 15.5 Å². The van der Waals surface area contributed by atoms with E-state index in [0.29, 0.717) is 11.3 Å². The number of aryl methyl sites for hydroxylation is 3. The number of aromatic nitrogens is 2. The Kier molecular flexibility index (Phi) is 4.21. The van der Waals surface area contributed by atoms with Crippen LogP contribution in [-0.2, 0) is 0 Å². The van der Waals surface area contributed by atoms with Gasteiger partial charge >= 0.3 is 0 Å². The highest BCUT2D eigenvalue weighted by Crippen LogP contribution is 2.19. The highest BCUT2D eigenvalue weighted by molar-refractivity contribution is 6.01. The van der Waals surface area contributed by atoms with Crippen LogP contribution >= 0.6 is 0 Å². The van der Waals surface area contributed by atoms with E-state index in [1.807, 2.05) is 62.4 Å². The number of rotatable bonds is 3. The summed E-state index contributed by atoms with van der Waals surface area (Å²) in [6, 6.07) is 15.6. The zero-order valence-electron chi connectivity index (χ0n) is 14.4. The van der Waals surface area contributed by atoms with Gasteiger partial charge in [-0.05, 0) is 63.1 Å². The minimum absolute atomic E-state index is 0.0798. The number of H-pyrrole nitrogens is 1. The minimum atomic E-state index is -0.0798. The van der Waals surface area contributed by atoms with E-state index in [0.717, 1.165) is 17.1 Å². The van der Waals surface area contributed by atoms with Crippen molar-refractivity contribution in [1.82, 2.24) is 9.78 Å². The molecule has 0 fully saturated rings. The van der Waals surface area contributed by atoms with Crippen LogP contribution in [0.15, 0.2) is 58.3 Å². The Bertz CT molecular complexity index is 962. The van der Waals surface area contributed by atoms with Crippen LogP contribution in [0.5, 0.6) is 0 Å². The summed E-state index contributed by atoms with van der Waals surface area (Å²) < 4.78 is 1.56. The molecule has 3 rings (SSSR count). The highest BCUT2D eigenvalue weighted by atomic mass is 16.1. The van der Waals surface area contributed by atoms with E-state index in [2.05, 4.69) is 23.9 Å². The lowest BCUT2D eigenvalue weighted by Gasteiger charge is -2.03. The van der Waals surface area contributed by atoms with Crippen molar-refractivity contribution in [2.75, 3.05) is 0 Å². The summed E-state index contributed by atoms with van der Waals surface area (Å²) in [6.45, 7) is 7.91. The molecule has 0 aliphatic rings. The molecular formula is C20H21N3O. The van der Waals surface area contributed by atoms with Gasteiger partial charge in [-0.1, -0.05) is 24.3 Å². The summed E-state index contributed by atoms with van der Waals surface area (Å²) in [5.74, 6) is 0. The van der Waals surface area contributed by atoms with Gasteiger partial charge in [-0.3, -0.25) is 14.9 Å². The van der Waals surface area contributed by atoms with Gasteiger partial charge in [-0.25, -0.2) is 4.68 Å². The lowest BCUT2D eigenvalue weighted by atomic mass is 10.1.